The highest BCUT2D eigenvalue weighted by Crippen LogP contribution is 2.56. The lowest BCUT2D eigenvalue weighted by atomic mass is 9.83. The molecule has 0 radical (unpaired) electrons. The van der Waals surface area contributed by atoms with E-state index in [1.165, 1.54) is 4.90 Å². The topological polar surface area (TPSA) is 137 Å². The van der Waals surface area contributed by atoms with Gasteiger partial charge in [-0.1, -0.05) is 56.4 Å². The number of aliphatic hydroxyl groups is 1. The fourth-order valence-corrected chi connectivity index (χ4v) is 8.10. The predicted octanol–water partition coefficient (Wildman–Crippen LogP) is 4.10. The molecule has 1 fully saturated rings. The second-order valence-electron chi connectivity index (χ2n) is 11.3. The summed E-state index contributed by atoms with van der Waals surface area (Å²) in [6.45, 7) is 9.79. The summed E-state index contributed by atoms with van der Waals surface area (Å²) in [5, 5.41) is 29.4. The number of fused-ring (bicyclic) bond motifs is 1. The molecule has 10 nitrogen and oxygen atoms in total. The lowest BCUT2D eigenvalue weighted by Crippen LogP contribution is -2.52. The number of hydrogen-bond acceptors (Lipinski definition) is 5. The van der Waals surface area contributed by atoms with Gasteiger partial charge in [0.25, 0.3) is 0 Å². The molecule has 4 rings (SSSR count). The van der Waals surface area contributed by atoms with Crippen molar-refractivity contribution in [1.29, 1.82) is 0 Å². The summed E-state index contributed by atoms with van der Waals surface area (Å²) in [7, 11) is -1.86. The summed E-state index contributed by atoms with van der Waals surface area (Å²) in [4.78, 5) is 40.5. The largest absolute Gasteiger partial charge is 0.463 e. The van der Waals surface area contributed by atoms with Crippen molar-refractivity contribution in [3.63, 3.8) is 0 Å². The Hall–Kier alpha value is -3.18. The zero-order valence-corrected chi connectivity index (χ0v) is 22.5. The van der Waals surface area contributed by atoms with Gasteiger partial charge in [0, 0.05) is 10.6 Å². The summed E-state index contributed by atoms with van der Waals surface area (Å²) in [6.07, 6.45) is 1.34. The van der Waals surface area contributed by atoms with Crippen LogP contribution in [0, 0.1) is 0 Å². The molecule has 2 heterocycles. The zero-order chi connectivity index (χ0) is 26.5. The first kappa shape index (κ1) is 25.9. The van der Waals surface area contributed by atoms with Crippen LogP contribution in [0.2, 0.25) is 24.7 Å². The van der Waals surface area contributed by atoms with Crippen molar-refractivity contribution in [2.24, 2.45) is 0 Å². The van der Waals surface area contributed by atoms with Gasteiger partial charge in [0.2, 0.25) is 5.91 Å². The first-order chi connectivity index (χ1) is 16.8. The van der Waals surface area contributed by atoms with Gasteiger partial charge in [-0.25, -0.2) is 9.59 Å². The highest BCUT2D eigenvalue weighted by Gasteiger charge is 2.54. The minimum atomic E-state index is -1.86. The standard InChI is InChI=1S/C25H35N5O5Si/c1-24(2)19-17(14-29(24)22(33)26-18(15-31)16-10-7-6-8-11-16)20(28-30(19)23(34)35)27-21(32)25(12-9-13-25)36(3,4)5/h6-8,10-11,18,31H,9,12-15H2,1-5H3,(H,26,33)(H,34,35)(H,27,28,32). The fraction of sp³-hybridized carbons (Fsp3) is 0.520. The van der Waals surface area contributed by atoms with E-state index in [2.05, 4.69) is 35.4 Å². The Labute approximate surface area is 211 Å². The number of aromatic nitrogens is 2. The summed E-state index contributed by atoms with van der Waals surface area (Å²) >= 11 is 0. The van der Waals surface area contributed by atoms with Crippen molar-refractivity contribution in [2.75, 3.05) is 11.9 Å². The van der Waals surface area contributed by atoms with Crippen LogP contribution in [0.25, 0.3) is 0 Å². The molecule has 1 saturated carbocycles. The Morgan fingerprint density at radius 2 is 1.78 bits per heavy atom. The van der Waals surface area contributed by atoms with Gasteiger partial charge in [0.1, 0.15) is 0 Å². The summed E-state index contributed by atoms with van der Waals surface area (Å²) in [6, 6.07) is 8.06. The molecule has 1 aliphatic carbocycles. The average Bonchev–Trinajstić information content (AvgIpc) is 3.26. The normalized spacial score (nSPS) is 18.7. The van der Waals surface area contributed by atoms with Crippen LogP contribution in [0.15, 0.2) is 30.3 Å². The molecule has 1 aliphatic heterocycles. The third kappa shape index (κ3) is 4.09. The SMILES string of the molecule is CC1(C)c2c(c(NC(=O)C3([Si](C)(C)C)CCC3)nn2C(=O)O)CN1C(=O)NC(CO)c1ccccc1. The van der Waals surface area contributed by atoms with E-state index in [0.29, 0.717) is 11.3 Å². The highest BCUT2D eigenvalue weighted by atomic mass is 28.3. The Kier molecular flexibility index (Phi) is 6.50. The Morgan fingerprint density at radius 1 is 1.14 bits per heavy atom. The van der Waals surface area contributed by atoms with E-state index in [0.717, 1.165) is 29.5 Å². The molecule has 0 spiro atoms. The molecule has 1 atom stereocenters. The molecule has 1 aromatic heterocycles. The third-order valence-electron chi connectivity index (χ3n) is 7.97. The number of carboxylic acid groups (broad SMARTS) is 1. The second kappa shape index (κ2) is 9.04. The van der Waals surface area contributed by atoms with Crippen LogP contribution in [0.4, 0.5) is 15.4 Å². The number of carbonyl (C=O) groups excluding carboxylic acids is 2. The van der Waals surface area contributed by atoms with E-state index in [1.807, 2.05) is 30.3 Å². The van der Waals surface area contributed by atoms with E-state index in [9.17, 15) is 24.6 Å². The smallest absolute Gasteiger partial charge is 0.432 e. The van der Waals surface area contributed by atoms with Crippen molar-refractivity contribution in [1.82, 2.24) is 20.0 Å². The van der Waals surface area contributed by atoms with Gasteiger partial charge in [-0.05, 0) is 32.3 Å². The minimum Gasteiger partial charge on any atom is -0.463 e. The van der Waals surface area contributed by atoms with E-state index in [-0.39, 0.29) is 24.9 Å². The van der Waals surface area contributed by atoms with Crippen molar-refractivity contribution in [3.8, 4) is 0 Å². The maximum absolute atomic E-state index is 13.5. The van der Waals surface area contributed by atoms with E-state index < -0.39 is 36.8 Å². The van der Waals surface area contributed by atoms with Gasteiger partial charge < -0.3 is 25.7 Å². The van der Waals surface area contributed by atoms with Gasteiger partial charge >= 0.3 is 12.1 Å². The summed E-state index contributed by atoms with van der Waals surface area (Å²) < 4.78 is 0.862. The third-order valence-corrected chi connectivity index (χ3v) is 11.6. The second-order valence-corrected chi connectivity index (χ2v) is 16.7. The van der Waals surface area contributed by atoms with Crippen LogP contribution in [0.1, 0.15) is 56.0 Å². The van der Waals surface area contributed by atoms with Gasteiger partial charge in [-0.15, -0.1) is 5.10 Å². The quantitative estimate of drug-likeness (QED) is 0.429. The van der Waals surface area contributed by atoms with Crippen LogP contribution in [-0.4, -0.2) is 57.6 Å². The maximum atomic E-state index is 13.5. The predicted molar refractivity (Wildman–Crippen MR) is 138 cm³/mol. The molecular formula is C25H35N5O5Si. The van der Waals surface area contributed by atoms with E-state index >= 15 is 0 Å². The first-order valence-electron chi connectivity index (χ1n) is 12.2. The number of nitrogens with one attached hydrogen (secondary N) is 2. The average molecular weight is 514 g/mol. The Balaban J connectivity index is 1.64. The summed E-state index contributed by atoms with van der Waals surface area (Å²) in [5.41, 5.74) is 0.578. The number of hydrogen-bond donors (Lipinski definition) is 4. The highest BCUT2D eigenvalue weighted by molar-refractivity contribution is 6.83. The zero-order valence-electron chi connectivity index (χ0n) is 21.5. The van der Waals surface area contributed by atoms with Crippen LogP contribution in [0.3, 0.4) is 0 Å². The molecule has 1 unspecified atom stereocenters. The molecule has 4 N–H and O–H groups in total. The van der Waals surface area contributed by atoms with Crippen molar-refractivity contribution in [2.45, 2.75) is 75.9 Å². The number of rotatable bonds is 6. The van der Waals surface area contributed by atoms with Crippen molar-refractivity contribution in [3.05, 3.63) is 47.2 Å². The lowest BCUT2D eigenvalue weighted by Gasteiger charge is -2.48. The fourth-order valence-electron chi connectivity index (χ4n) is 5.50. The Morgan fingerprint density at radius 3 is 2.28 bits per heavy atom. The van der Waals surface area contributed by atoms with Crippen LogP contribution in [0.5, 0.6) is 0 Å². The van der Waals surface area contributed by atoms with Gasteiger partial charge in [0.05, 0.1) is 38.5 Å². The van der Waals surface area contributed by atoms with Crippen molar-refractivity contribution < 1.29 is 24.6 Å². The van der Waals surface area contributed by atoms with E-state index in [4.69, 9.17) is 0 Å². The molecule has 1 aromatic carbocycles. The molecule has 2 aromatic rings. The number of anilines is 1. The number of aliphatic hydroxyl groups excluding tert-OH is 1. The molecular weight excluding hydrogens is 478 g/mol. The van der Waals surface area contributed by atoms with Crippen LogP contribution >= 0.6 is 0 Å². The molecule has 2 aliphatic rings. The van der Waals surface area contributed by atoms with Crippen LogP contribution in [-0.2, 0) is 16.9 Å². The molecule has 194 valence electrons. The van der Waals surface area contributed by atoms with Gasteiger partial charge in [-0.3, -0.25) is 4.79 Å². The summed E-state index contributed by atoms with van der Waals surface area (Å²) in [5.74, 6) is 0.0722. The minimum absolute atomic E-state index is 0.0734. The lowest BCUT2D eigenvalue weighted by molar-refractivity contribution is -0.121. The molecule has 11 heteroatoms. The number of nitrogens with zero attached hydrogens (tertiary/aromatic N) is 3. The number of urea groups is 1. The monoisotopic (exact) mass is 513 g/mol. The molecule has 0 bridgehead atoms. The maximum Gasteiger partial charge on any atom is 0.432 e. The van der Waals surface area contributed by atoms with Crippen molar-refractivity contribution >= 4 is 31.9 Å². The first-order valence-corrected chi connectivity index (χ1v) is 15.7. The van der Waals surface area contributed by atoms with Gasteiger partial charge in [0.15, 0.2) is 5.82 Å². The molecule has 3 amide bonds. The van der Waals surface area contributed by atoms with E-state index in [1.54, 1.807) is 13.8 Å². The molecule has 0 saturated heterocycles. The Bertz CT molecular complexity index is 1180. The van der Waals surface area contributed by atoms with Gasteiger partial charge in [-0.2, -0.15) is 4.68 Å². The van der Waals surface area contributed by atoms with Crippen LogP contribution < -0.4 is 10.6 Å². The number of amides is 3. The number of carbonyl (C=O) groups is 3. The number of benzene rings is 1. The molecule has 36 heavy (non-hydrogen) atoms.